The fourth-order valence-corrected chi connectivity index (χ4v) is 3.25. The first-order valence-electron chi connectivity index (χ1n) is 11.6. The van der Waals surface area contributed by atoms with Crippen LogP contribution in [-0.4, -0.2) is 81.1 Å². The molecule has 12 N–H and O–H groups in total. The van der Waals surface area contributed by atoms with Gasteiger partial charge >= 0.3 is 5.97 Å². The zero-order valence-electron chi connectivity index (χ0n) is 20.8. The average Bonchev–Trinajstić information content (AvgIpc) is 2.83. The number of amides is 5. The summed E-state index contributed by atoms with van der Waals surface area (Å²) >= 11 is 0. The molecule has 1 aromatic carbocycles. The second kappa shape index (κ2) is 15.1. The average molecular weight is 539 g/mol. The summed E-state index contributed by atoms with van der Waals surface area (Å²) in [6, 6.07) is -0.0809. The number of aromatic hydroxyl groups is 1. The minimum absolute atomic E-state index is 0.0347. The molecule has 15 heteroatoms. The molecular formula is C23H34N6O9. The van der Waals surface area contributed by atoms with Crippen molar-refractivity contribution in [2.45, 2.75) is 69.3 Å². The van der Waals surface area contributed by atoms with Gasteiger partial charge in [-0.1, -0.05) is 12.1 Å². The Balaban J connectivity index is 3.00. The van der Waals surface area contributed by atoms with E-state index >= 15 is 0 Å². The van der Waals surface area contributed by atoms with Gasteiger partial charge in [0, 0.05) is 19.3 Å². The van der Waals surface area contributed by atoms with Crippen molar-refractivity contribution in [1.29, 1.82) is 0 Å². The summed E-state index contributed by atoms with van der Waals surface area (Å²) in [5, 5.41) is 35.8. The lowest BCUT2D eigenvalue weighted by Gasteiger charge is -2.26. The number of carboxylic acid groups (broad SMARTS) is 1. The Kier molecular flexibility index (Phi) is 12.6. The second-order valence-corrected chi connectivity index (χ2v) is 8.67. The number of hydrogen-bond acceptors (Lipinski definition) is 9. The van der Waals surface area contributed by atoms with Crippen LogP contribution in [0.3, 0.4) is 0 Å². The van der Waals surface area contributed by atoms with Crippen molar-refractivity contribution in [1.82, 2.24) is 16.0 Å². The lowest BCUT2D eigenvalue weighted by Crippen LogP contribution is -2.60. The lowest BCUT2D eigenvalue weighted by molar-refractivity contribution is -0.142. The summed E-state index contributed by atoms with van der Waals surface area (Å²) in [6.45, 7) is 1.19. The van der Waals surface area contributed by atoms with E-state index in [1.807, 2.05) is 0 Å². The molecule has 0 aromatic heterocycles. The van der Waals surface area contributed by atoms with Gasteiger partial charge < -0.3 is 48.5 Å². The van der Waals surface area contributed by atoms with E-state index in [-0.39, 0.29) is 37.9 Å². The number of aliphatic hydroxyl groups excluding tert-OH is 1. The van der Waals surface area contributed by atoms with Gasteiger partial charge in [0.25, 0.3) is 0 Å². The molecule has 5 unspecified atom stereocenters. The van der Waals surface area contributed by atoms with Crippen LogP contribution in [0.4, 0.5) is 0 Å². The van der Waals surface area contributed by atoms with Crippen molar-refractivity contribution in [3.8, 4) is 5.75 Å². The standard InChI is InChI=1S/C23H34N6O9/c1-11(30)19(29-20(34)14(24)6-8-17(25)32)22(36)27-15(7-9-18(26)33)21(35)28-16(23(37)38)10-12-2-4-13(31)5-3-12/h2-5,11,14-16,19,30-31H,6-10,24H2,1H3,(H2,25,32)(H2,26,33)(H,27,36)(H,28,35)(H,29,34)(H,37,38). The molecule has 0 heterocycles. The SMILES string of the molecule is CC(O)C(NC(=O)C(N)CCC(N)=O)C(=O)NC(CCC(N)=O)C(=O)NC(Cc1ccc(O)cc1)C(=O)O. The highest BCUT2D eigenvalue weighted by molar-refractivity contribution is 5.94. The van der Waals surface area contributed by atoms with Crippen molar-refractivity contribution in [2.75, 3.05) is 0 Å². The van der Waals surface area contributed by atoms with E-state index in [0.29, 0.717) is 5.56 Å². The van der Waals surface area contributed by atoms with Gasteiger partial charge in [-0.15, -0.1) is 0 Å². The smallest absolute Gasteiger partial charge is 0.326 e. The summed E-state index contributed by atoms with van der Waals surface area (Å²) in [5.74, 6) is -5.75. The third-order valence-electron chi connectivity index (χ3n) is 5.40. The molecule has 0 saturated carbocycles. The lowest BCUT2D eigenvalue weighted by atomic mass is 10.0. The molecular weight excluding hydrogens is 504 g/mol. The Labute approximate surface area is 218 Å². The molecule has 5 atom stereocenters. The number of phenolic OH excluding ortho intramolecular Hbond substituents is 1. The van der Waals surface area contributed by atoms with Gasteiger partial charge in [0.1, 0.15) is 23.9 Å². The number of rotatable bonds is 16. The Hall–Kier alpha value is -4.24. The largest absolute Gasteiger partial charge is 0.508 e. The predicted octanol–water partition coefficient (Wildman–Crippen LogP) is -3.29. The van der Waals surface area contributed by atoms with Gasteiger partial charge in [0.05, 0.1) is 12.1 Å². The Morgan fingerprint density at radius 2 is 1.34 bits per heavy atom. The number of aliphatic hydroxyl groups is 1. The third kappa shape index (κ3) is 11.2. The van der Waals surface area contributed by atoms with Gasteiger partial charge in [-0.2, -0.15) is 0 Å². The van der Waals surface area contributed by atoms with E-state index in [9.17, 15) is 44.1 Å². The summed E-state index contributed by atoms with van der Waals surface area (Å²) in [5.41, 5.74) is 16.3. The maximum absolute atomic E-state index is 12.9. The molecule has 0 aliphatic rings. The summed E-state index contributed by atoms with van der Waals surface area (Å²) in [7, 11) is 0. The molecule has 1 rings (SSSR count). The molecule has 0 spiro atoms. The van der Waals surface area contributed by atoms with Crippen molar-refractivity contribution in [3.63, 3.8) is 0 Å². The first-order valence-corrected chi connectivity index (χ1v) is 11.6. The van der Waals surface area contributed by atoms with E-state index in [1.165, 1.54) is 31.2 Å². The van der Waals surface area contributed by atoms with Crippen LogP contribution in [0, 0.1) is 0 Å². The van der Waals surface area contributed by atoms with Crippen LogP contribution in [0.1, 0.15) is 38.2 Å². The number of carbonyl (C=O) groups is 6. The molecule has 0 fully saturated rings. The number of benzene rings is 1. The van der Waals surface area contributed by atoms with Crippen molar-refractivity contribution >= 4 is 35.5 Å². The molecule has 0 bridgehead atoms. The Bertz CT molecular complexity index is 1020. The fraction of sp³-hybridized carbons (Fsp3) is 0.478. The van der Waals surface area contributed by atoms with Gasteiger partial charge in [-0.25, -0.2) is 4.79 Å². The molecule has 0 radical (unpaired) electrons. The van der Waals surface area contributed by atoms with Crippen molar-refractivity contribution in [3.05, 3.63) is 29.8 Å². The van der Waals surface area contributed by atoms with E-state index in [0.717, 1.165) is 0 Å². The molecule has 15 nitrogen and oxygen atoms in total. The van der Waals surface area contributed by atoms with Gasteiger partial charge in [0.15, 0.2) is 0 Å². The highest BCUT2D eigenvalue weighted by atomic mass is 16.4. The van der Waals surface area contributed by atoms with Crippen LogP contribution in [0.5, 0.6) is 5.75 Å². The normalized spacial score (nSPS) is 14.7. The van der Waals surface area contributed by atoms with Crippen molar-refractivity contribution < 1.29 is 44.1 Å². The van der Waals surface area contributed by atoms with Crippen LogP contribution in [0.25, 0.3) is 0 Å². The number of primary amides is 2. The molecule has 0 aliphatic carbocycles. The molecule has 5 amide bonds. The fourth-order valence-electron chi connectivity index (χ4n) is 3.25. The maximum atomic E-state index is 12.9. The van der Waals surface area contributed by atoms with E-state index in [2.05, 4.69) is 16.0 Å². The number of hydrogen-bond donors (Lipinski definition) is 9. The van der Waals surface area contributed by atoms with E-state index in [4.69, 9.17) is 17.2 Å². The second-order valence-electron chi connectivity index (χ2n) is 8.67. The Morgan fingerprint density at radius 3 is 1.84 bits per heavy atom. The minimum atomic E-state index is -1.58. The van der Waals surface area contributed by atoms with Gasteiger partial charge in [-0.05, 0) is 37.5 Å². The highest BCUT2D eigenvalue weighted by Gasteiger charge is 2.32. The molecule has 0 saturated heterocycles. The summed E-state index contributed by atoms with van der Waals surface area (Å²) in [6.07, 6.45) is -2.58. The topological polar surface area (TPSA) is 277 Å². The zero-order chi connectivity index (χ0) is 29.0. The molecule has 210 valence electrons. The number of nitrogens with one attached hydrogen (secondary N) is 3. The van der Waals surface area contributed by atoms with Gasteiger partial charge in [-0.3, -0.25) is 24.0 Å². The summed E-state index contributed by atoms with van der Waals surface area (Å²) < 4.78 is 0. The zero-order valence-corrected chi connectivity index (χ0v) is 20.8. The molecule has 0 aliphatic heterocycles. The third-order valence-corrected chi connectivity index (χ3v) is 5.40. The van der Waals surface area contributed by atoms with E-state index in [1.54, 1.807) is 0 Å². The predicted molar refractivity (Wildman–Crippen MR) is 132 cm³/mol. The molecule has 1 aromatic rings. The van der Waals surface area contributed by atoms with Gasteiger partial charge in [0.2, 0.25) is 29.5 Å². The quantitative estimate of drug-likeness (QED) is 0.101. The molecule has 38 heavy (non-hydrogen) atoms. The highest BCUT2D eigenvalue weighted by Crippen LogP contribution is 2.12. The number of carbonyl (C=O) groups excluding carboxylic acids is 5. The first-order chi connectivity index (χ1) is 17.7. The first kappa shape index (κ1) is 31.8. The number of nitrogens with two attached hydrogens (primary N) is 3. The van der Waals surface area contributed by atoms with Crippen LogP contribution >= 0.6 is 0 Å². The number of aliphatic carboxylic acids is 1. The Morgan fingerprint density at radius 1 is 0.816 bits per heavy atom. The minimum Gasteiger partial charge on any atom is -0.508 e. The number of carboxylic acids is 1. The monoisotopic (exact) mass is 538 g/mol. The maximum Gasteiger partial charge on any atom is 0.326 e. The number of phenols is 1. The van der Waals surface area contributed by atoms with E-state index < -0.39 is 65.8 Å². The van der Waals surface area contributed by atoms with Crippen LogP contribution in [0.2, 0.25) is 0 Å². The van der Waals surface area contributed by atoms with Crippen LogP contribution < -0.4 is 33.2 Å². The summed E-state index contributed by atoms with van der Waals surface area (Å²) in [4.78, 5) is 72.1. The van der Waals surface area contributed by atoms with Crippen molar-refractivity contribution in [2.24, 2.45) is 17.2 Å². The van der Waals surface area contributed by atoms with Crippen LogP contribution in [0.15, 0.2) is 24.3 Å². The van der Waals surface area contributed by atoms with Crippen LogP contribution in [-0.2, 0) is 35.2 Å².